The van der Waals surface area contributed by atoms with Gasteiger partial charge in [0.2, 0.25) is 10.0 Å². The third-order valence-electron chi connectivity index (χ3n) is 2.43. The molecule has 0 saturated heterocycles. The van der Waals surface area contributed by atoms with Gasteiger partial charge in [0.05, 0.1) is 11.4 Å². The van der Waals surface area contributed by atoms with E-state index in [-0.39, 0.29) is 17.5 Å². The second kappa shape index (κ2) is 8.32. The fraction of sp³-hybridized carbons (Fsp3) is 0.429. The summed E-state index contributed by atoms with van der Waals surface area (Å²) in [5.41, 5.74) is 6.04. The molecule has 0 aliphatic rings. The first kappa shape index (κ1) is 17.1. The lowest BCUT2D eigenvalue weighted by Crippen LogP contribution is -2.34. The fourth-order valence-corrected chi connectivity index (χ4v) is 3.55. The van der Waals surface area contributed by atoms with Gasteiger partial charge in [-0.3, -0.25) is 0 Å². The average Bonchev–Trinajstić information content (AvgIpc) is 2.43. The van der Waals surface area contributed by atoms with E-state index in [1.807, 2.05) is 13.8 Å². The van der Waals surface area contributed by atoms with Gasteiger partial charge >= 0.3 is 0 Å². The van der Waals surface area contributed by atoms with Crippen LogP contribution < -0.4 is 10.5 Å². The molecule has 0 amide bonds. The number of nitrogens with two attached hydrogens (primary N) is 1. The van der Waals surface area contributed by atoms with Gasteiger partial charge in [0.1, 0.15) is 0 Å². The molecule has 4 nitrogen and oxygen atoms in total. The van der Waals surface area contributed by atoms with Crippen molar-refractivity contribution in [2.24, 2.45) is 5.73 Å². The molecule has 6 heteroatoms. The molecular weight excluding hydrogens is 292 g/mol. The third-order valence-corrected chi connectivity index (χ3v) is 5.18. The topological polar surface area (TPSA) is 72.2 Å². The summed E-state index contributed by atoms with van der Waals surface area (Å²) < 4.78 is 27.0. The van der Waals surface area contributed by atoms with Crippen LogP contribution in [-0.2, 0) is 10.0 Å². The maximum atomic E-state index is 12.2. The van der Waals surface area contributed by atoms with Crippen molar-refractivity contribution in [3.05, 3.63) is 29.8 Å². The maximum Gasteiger partial charge on any atom is 0.240 e. The van der Waals surface area contributed by atoms with Crippen LogP contribution >= 0.6 is 11.8 Å². The summed E-state index contributed by atoms with van der Waals surface area (Å²) in [5, 5.41) is 0. The molecule has 0 aliphatic heterocycles. The summed E-state index contributed by atoms with van der Waals surface area (Å²) in [6.45, 7) is 4.20. The van der Waals surface area contributed by atoms with Crippen LogP contribution in [0, 0.1) is 11.8 Å². The predicted octanol–water partition coefficient (Wildman–Crippen LogP) is 1.42. The summed E-state index contributed by atoms with van der Waals surface area (Å²) >= 11 is 1.71. The van der Waals surface area contributed by atoms with E-state index in [1.54, 1.807) is 36.0 Å². The van der Waals surface area contributed by atoms with Crippen molar-refractivity contribution in [2.45, 2.75) is 24.8 Å². The fourth-order valence-electron chi connectivity index (χ4n) is 1.53. The van der Waals surface area contributed by atoms with Crippen molar-refractivity contribution in [2.75, 3.05) is 18.1 Å². The molecule has 0 spiro atoms. The molecule has 0 bridgehead atoms. The van der Waals surface area contributed by atoms with Crippen LogP contribution in [0.1, 0.15) is 19.4 Å². The molecule has 110 valence electrons. The second-order valence-electron chi connectivity index (χ2n) is 4.21. The van der Waals surface area contributed by atoms with Gasteiger partial charge in [0.25, 0.3) is 0 Å². The van der Waals surface area contributed by atoms with Gasteiger partial charge in [0.15, 0.2) is 0 Å². The minimum atomic E-state index is -3.46. The first-order valence-corrected chi connectivity index (χ1v) is 9.02. The lowest BCUT2D eigenvalue weighted by Gasteiger charge is -2.13. The number of sulfonamides is 1. The SMILES string of the molecule is CCSCC(C)NS(=O)(=O)c1ccc(C#CCN)cc1. The normalized spacial score (nSPS) is 12.6. The number of hydrogen-bond acceptors (Lipinski definition) is 4. The summed E-state index contributed by atoms with van der Waals surface area (Å²) in [6.07, 6.45) is 0. The number of nitrogens with one attached hydrogen (secondary N) is 1. The minimum Gasteiger partial charge on any atom is -0.320 e. The van der Waals surface area contributed by atoms with Gasteiger partial charge in [-0.05, 0) is 36.9 Å². The highest BCUT2D eigenvalue weighted by Crippen LogP contribution is 2.12. The lowest BCUT2D eigenvalue weighted by molar-refractivity contribution is 0.571. The Morgan fingerprint density at radius 2 is 2.00 bits per heavy atom. The van der Waals surface area contributed by atoms with E-state index in [0.29, 0.717) is 0 Å². The lowest BCUT2D eigenvalue weighted by atomic mass is 10.2. The van der Waals surface area contributed by atoms with Crippen molar-refractivity contribution in [3.63, 3.8) is 0 Å². The highest BCUT2D eigenvalue weighted by molar-refractivity contribution is 7.99. The smallest absolute Gasteiger partial charge is 0.240 e. The van der Waals surface area contributed by atoms with E-state index in [4.69, 9.17) is 5.73 Å². The highest BCUT2D eigenvalue weighted by atomic mass is 32.2. The largest absolute Gasteiger partial charge is 0.320 e. The molecule has 1 atom stereocenters. The Hall–Kier alpha value is -1.00. The van der Waals surface area contributed by atoms with Crippen LogP contribution in [0.25, 0.3) is 0 Å². The molecule has 0 aliphatic carbocycles. The molecule has 0 fully saturated rings. The molecule has 3 N–H and O–H groups in total. The van der Waals surface area contributed by atoms with Gasteiger partial charge in [-0.25, -0.2) is 13.1 Å². The highest BCUT2D eigenvalue weighted by Gasteiger charge is 2.16. The molecule has 1 aromatic carbocycles. The summed E-state index contributed by atoms with van der Waals surface area (Å²) in [5.74, 6) is 7.32. The summed E-state index contributed by atoms with van der Waals surface area (Å²) in [6, 6.07) is 6.39. The van der Waals surface area contributed by atoms with E-state index in [2.05, 4.69) is 16.6 Å². The van der Waals surface area contributed by atoms with Crippen LogP contribution in [-0.4, -0.2) is 32.5 Å². The number of thioether (sulfide) groups is 1. The monoisotopic (exact) mass is 312 g/mol. The first-order valence-electron chi connectivity index (χ1n) is 6.38. The van der Waals surface area contributed by atoms with Crippen LogP contribution in [0.2, 0.25) is 0 Å². The third kappa shape index (κ3) is 5.55. The second-order valence-corrected chi connectivity index (χ2v) is 7.24. The zero-order valence-electron chi connectivity index (χ0n) is 11.7. The number of hydrogen-bond donors (Lipinski definition) is 2. The Bertz CT molecular complexity index is 571. The summed E-state index contributed by atoms with van der Waals surface area (Å²) in [4.78, 5) is 0.254. The van der Waals surface area contributed by atoms with Gasteiger partial charge in [-0.15, -0.1) is 0 Å². The minimum absolute atomic E-state index is 0.0957. The van der Waals surface area contributed by atoms with Crippen LogP contribution in [0.5, 0.6) is 0 Å². The molecule has 0 saturated carbocycles. The van der Waals surface area contributed by atoms with Crippen LogP contribution in [0.15, 0.2) is 29.2 Å². The van der Waals surface area contributed by atoms with Crippen molar-refractivity contribution in [1.29, 1.82) is 0 Å². The number of rotatable bonds is 6. The summed E-state index contributed by atoms with van der Waals surface area (Å²) in [7, 11) is -3.46. The Morgan fingerprint density at radius 3 is 2.55 bits per heavy atom. The quantitative estimate of drug-likeness (QED) is 0.779. The van der Waals surface area contributed by atoms with E-state index in [9.17, 15) is 8.42 Å². The Balaban J connectivity index is 2.77. The molecule has 1 unspecified atom stereocenters. The van der Waals surface area contributed by atoms with Gasteiger partial charge < -0.3 is 5.73 Å². The molecular formula is C14H20N2O2S2. The van der Waals surface area contributed by atoms with Crippen LogP contribution in [0.4, 0.5) is 0 Å². The van der Waals surface area contributed by atoms with E-state index >= 15 is 0 Å². The van der Waals surface area contributed by atoms with Crippen molar-refractivity contribution in [3.8, 4) is 11.8 Å². The Kier molecular flexibility index (Phi) is 7.10. The molecule has 0 heterocycles. The number of benzene rings is 1. The van der Waals surface area contributed by atoms with E-state index < -0.39 is 10.0 Å². The zero-order chi connectivity index (χ0) is 15.0. The Morgan fingerprint density at radius 1 is 1.35 bits per heavy atom. The van der Waals surface area contributed by atoms with Crippen LogP contribution in [0.3, 0.4) is 0 Å². The van der Waals surface area contributed by atoms with Gasteiger partial charge in [-0.2, -0.15) is 11.8 Å². The van der Waals surface area contributed by atoms with E-state index in [0.717, 1.165) is 17.1 Å². The van der Waals surface area contributed by atoms with Crippen molar-refractivity contribution >= 4 is 21.8 Å². The first-order chi connectivity index (χ1) is 9.49. The van der Waals surface area contributed by atoms with Gasteiger partial charge in [-0.1, -0.05) is 18.8 Å². The van der Waals surface area contributed by atoms with Crippen molar-refractivity contribution < 1.29 is 8.42 Å². The van der Waals surface area contributed by atoms with Gasteiger partial charge in [0, 0.05) is 17.4 Å². The average molecular weight is 312 g/mol. The molecule has 20 heavy (non-hydrogen) atoms. The maximum absolute atomic E-state index is 12.2. The van der Waals surface area contributed by atoms with E-state index in [1.165, 1.54) is 0 Å². The zero-order valence-corrected chi connectivity index (χ0v) is 13.4. The predicted molar refractivity (Wildman–Crippen MR) is 85.2 cm³/mol. The molecule has 1 rings (SSSR count). The molecule has 0 aromatic heterocycles. The molecule has 0 radical (unpaired) electrons. The molecule has 1 aromatic rings. The standard InChI is InChI=1S/C14H20N2O2S2/c1-3-19-11-12(2)16-20(17,18)14-8-6-13(7-9-14)5-4-10-15/h6-9,12,16H,3,10-11,15H2,1-2H3. The van der Waals surface area contributed by atoms with Crippen molar-refractivity contribution in [1.82, 2.24) is 4.72 Å². The Labute approximate surface area is 125 Å².